The number of hydrogen-bond acceptors (Lipinski definition) is 3. The molecule has 0 aliphatic rings. The monoisotopic (exact) mass is 246 g/mol. The molecule has 3 nitrogen and oxygen atoms in total. The van der Waals surface area contributed by atoms with E-state index in [2.05, 4.69) is 10.3 Å². The summed E-state index contributed by atoms with van der Waals surface area (Å²) in [5.41, 5.74) is 2.89. The van der Waals surface area contributed by atoms with E-state index in [1.165, 1.54) is 12.3 Å². The van der Waals surface area contributed by atoms with Crippen molar-refractivity contribution in [2.24, 2.45) is 0 Å². The molecule has 1 aromatic heterocycles. The summed E-state index contributed by atoms with van der Waals surface area (Å²) in [6.07, 6.45) is 2.85. The summed E-state index contributed by atoms with van der Waals surface area (Å²) in [6.45, 7) is 1.12. The van der Waals surface area contributed by atoms with Crippen LogP contribution in [-0.4, -0.2) is 12.1 Å². The van der Waals surface area contributed by atoms with Crippen LogP contribution in [0.1, 0.15) is 11.1 Å². The Morgan fingerprint density at radius 1 is 1.22 bits per heavy atom. The van der Waals surface area contributed by atoms with Crippen LogP contribution in [-0.2, 0) is 17.9 Å². The number of aromatic nitrogens is 1. The lowest BCUT2D eigenvalue weighted by Crippen LogP contribution is -2.01. The van der Waals surface area contributed by atoms with Gasteiger partial charge in [0.1, 0.15) is 5.82 Å². The van der Waals surface area contributed by atoms with Gasteiger partial charge in [-0.2, -0.15) is 0 Å². The van der Waals surface area contributed by atoms with Crippen molar-refractivity contribution in [1.29, 1.82) is 0 Å². The van der Waals surface area contributed by atoms with Gasteiger partial charge < -0.3 is 10.1 Å². The summed E-state index contributed by atoms with van der Waals surface area (Å²) in [5, 5.41) is 3.22. The highest BCUT2D eigenvalue weighted by Crippen LogP contribution is 2.13. The fourth-order valence-electron chi connectivity index (χ4n) is 1.69. The van der Waals surface area contributed by atoms with E-state index in [0.29, 0.717) is 13.2 Å². The van der Waals surface area contributed by atoms with E-state index in [0.717, 1.165) is 16.8 Å². The lowest BCUT2D eigenvalue weighted by Gasteiger charge is -2.08. The molecule has 0 radical (unpaired) electrons. The van der Waals surface area contributed by atoms with Gasteiger partial charge in [-0.15, -0.1) is 0 Å². The molecule has 0 atom stereocenters. The van der Waals surface area contributed by atoms with E-state index in [1.54, 1.807) is 13.3 Å². The maximum absolute atomic E-state index is 13.0. The maximum atomic E-state index is 13.0. The second-order valence-electron chi connectivity index (χ2n) is 4.00. The van der Waals surface area contributed by atoms with E-state index in [-0.39, 0.29) is 5.82 Å². The third-order valence-corrected chi connectivity index (χ3v) is 2.50. The van der Waals surface area contributed by atoms with E-state index in [9.17, 15) is 4.39 Å². The number of pyridine rings is 1. The van der Waals surface area contributed by atoms with Gasteiger partial charge in [-0.3, -0.25) is 4.98 Å². The molecule has 0 saturated carbocycles. The number of rotatable bonds is 5. The zero-order chi connectivity index (χ0) is 12.8. The molecular weight excluding hydrogens is 231 g/mol. The topological polar surface area (TPSA) is 34.1 Å². The van der Waals surface area contributed by atoms with Gasteiger partial charge in [0, 0.05) is 25.5 Å². The number of methoxy groups -OCH3 is 1. The molecule has 4 heteroatoms. The zero-order valence-corrected chi connectivity index (χ0v) is 10.2. The summed E-state index contributed by atoms with van der Waals surface area (Å²) < 4.78 is 18.0. The first-order valence-electron chi connectivity index (χ1n) is 5.69. The lowest BCUT2D eigenvalue weighted by atomic mass is 10.2. The van der Waals surface area contributed by atoms with Crippen molar-refractivity contribution < 1.29 is 9.13 Å². The van der Waals surface area contributed by atoms with Gasteiger partial charge in [0.25, 0.3) is 0 Å². The normalized spacial score (nSPS) is 10.3. The first-order valence-corrected chi connectivity index (χ1v) is 5.69. The SMILES string of the molecule is COCc1cccc(NCc2cncc(F)c2)c1. The minimum Gasteiger partial charge on any atom is -0.381 e. The summed E-state index contributed by atoms with van der Waals surface area (Å²) in [6, 6.07) is 9.40. The van der Waals surface area contributed by atoms with Gasteiger partial charge in [-0.05, 0) is 29.3 Å². The van der Waals surface area contributed by atoms with Gasteiger partial charge in [0.15, 0.2) is 0 Å². The Balaban J connectivity index is 1.99. The first-order chi connectivity index (χ1) is 8.78. The second-order valence-corrected chi connectivity index (χ2v) is 4.00. The fraction of sp³-hybridized carbons (Fsp3) is 0.214. The third kappa shape index (κ3) is 3.53. The highest BCUT2D eigenvalue weighted by Gasteiger charge is 1.98. The highest BCUT2D eigenvalue weighted by atomic mass is 19.1. The van der Waals surface area contributed by atoms with E-state index in [4.69, 9.17) is 4.74 Å². The molecule has 0 unspecified atom stereocenters. The van der Waals surface area contributed by atoms with Crippen molar-refractivity contribution in [2.45, 2.75) is 13.2 Å². The van der Waals surface area contributed by atoms with Crippen LogP contribution in [0.2, 0.25) is 0 Å². The average molecular weight is 246 g/mol. The molecule has 0 fully saturated rings. The standard InChI is InChI=1S/C14H15FN2O/c1-18-10-11-3-2-4-14(6-11)17-8-12-5-13(15)9-16-7-12/h2-7,9,17H,8,10H2,1H3. The Labute approximate surface area is 106 Å². The number of ether oxygens (including phenoxy) is 1. The smallest absolute Gasteiger partial charge is 0.141 e. The minimum absolute atomic E-state index is 0.317. The van der Waals surface area contributed by atoms with Crippen molar-refractivity contribution in [2.75, 3.05) is 12.4 Å². The number of benzene rings is 1. The lowest BCUT2D eigenvalue weighted by molar-refractivity contribution is 0.185. The molecule has 18 heavy (non-hydrogen) atoms. The zero-order valence-electron chi connectivity index (χ0n) is 10.2. The molecular formula is C14H15FN2O. The van der Waals surface area contributed by atoms with E-state index < -0.39 is 0 Å². The highest BCUT2D eigenvalue weighted by molar-refractivity contribution is 5.46. The largest absolute Gasteiger partial charge is 0.381 e. The molecule has 94 valence electrons. The molecule has 1 N–H and O–H groups in total. The molecule has 2 rings (SSSR count). The first kappa shape index (κ1) is 12.5. The van der Waals surface area contributed by atoms with Crippen LogP contribution >= 0.6 is 0 Å². The Morgan fingerprint density at radius 3 is 2.89 bits per heavy atom. The van der Waals surface area contributed by atoms with Crippen LogP contribution in [0.3, 0.4) is 0 Å². The van der Waals surface area contributed by atoms with Gasteiger partial charge in [-0.25, -0.2) is 4.39 Å². The van der Waals surface area contributed by atoms with Crippen LogP contribution in [0.25, 0.3) is 0 Å². The van der Waals surface area contributed by atoms with Crippen LogP contribution in [0.4, 0.5) is 10.1 Å². The Bertz CT molecular complexity index is 517. The number of nitrogens with one attached hydrogen (secondary N) is 1. The van der Waals surface area contributed by atoms with Crippen LogP contribution < -0.4 is 5.32 Å². The Morgan fingerprint density at radius 2 is 2.11 bits per heavy atom. The number of halogens is 1. The molecule has 0 spiro atoms. The summed E-state index contributed by atoms with van der Waals surface area (Å²) in [7, 11) is 1.67. The predicted molar refractivity (Wildman–Crippen MR) is 68.7 cm³/mol. The maximum Gasteiger partial charge on any atom is 0.141 e. The number of anilines is 1. The molecule has 0 amide bonds. The molecule has 0 saturated heterocycles. The molecule has 0 aliphatic heterocycles. The van der Waals surface area contributed by atoms with Crippen molar-refractivity contribution in [3.8, 4) is 0 Å². The quantitative estimate of drug-likeness (QED) is 0.880. The van der Waals surface area contributed by atoms with E-state index in [1.807, 2.05) is 24.3 Å². The predicted octanol–water partition coefficient (Wildman–Crippen LogP) is 2.98. The van der Waals surface area contributed by atoms with Crippen molar-refractivity contribution >= 4 is 5.69 Å². The molecule has 1 heterocycles. The van der Waals surface area contributed by atoms with Crippen molar-refractivity contribution in [3.63, 3.8) is 0 Å². The number of hydrogen-bond donors (Lipinski definition) is 1. The minimum atomic E-state index is -0.317. The van der Waals surface area contributed by atoms with Gasteiger partial charge in [0.05, 0.1) is 12.8 Å². The Hall–Kier alpha value is -1.94. The summed E-state index contributed by atoms with van der Waals surface area (Å²) in [5.74, 6) is -0.317. The molecule has 1 aromatic carbocycles. The van der Waals surface area contributed by atoms with Gasteiger partial charge in [0.2, 0.25) is 0 Å². The summed E-state index contributed by atoms with van der Waals surface area (Å²) in [4.78, 5) is 3.81. The van der Waals surface area contributed by atoms with Crippen molar-refractivity contribution in [3.05, 3.63) is 59.7 Å². The average Bonchev–Trinajstić information content (AvgIpc) is 2.37. The van der Waals surface area contributed by atoms with Gasteiger partial charge in [-0.1, -0.05) is 12.1 Å². The molecule has 0 bridgehead atoms. The fourth-order valence-corrected chi connectivity index (χ4v) is 1.69. The van der Waals surface area contributed by atoms with Crippen LogP contribution in [0, 0.1) is 5.82 Å². The molecule has 0 aliphatic carbocycles. The second kappa shape index (κ2) is 6.12. The van der Waals surface area contributed by atoms with E-state index >= 15 is 0 Å². The third-order valence-electron chi connectivity index (χ3n) is 2.50. The van der Waals surface area contributed by atoms with Crippen LogP contribution in [0.15, 0.2) is 42.7 Å². The summed E-state index contributed by atoms with van der Waals surface area (Å²) >= 11 is 0. The van der Waals surface area contributed by atoms with Crippen LogP contribution in [0.5, 0.6) is 0 Å². The molecule has 2 aromatic rings. The van der Waals surface area contributed by atoms with Crippen molar-refractivity contribution in [1.82, 2.24) is 4.98 Å². The van der Waals surface area contributed by atoms with Gasteiger partial charge >= 0.3 is 0 Å². The number of nitrogens with zero attached hydrogens (tertiary/aromatic N) is 1. The Kier molecular flexibility index (Phi) is 4.25.